The highest BCUT2D eigenvalue weighted by atomic mass is 127. The van der Waals surface area contributed by atoms with Crippen LogP contribution in [0.5, 0.6) is 0 Å². The molecule has 1 unspecified atom stereocenters. The lowest BCUT2D eigenvalue weighted by atomic mass is 10.1. The summed E-state index contributed by atoms with van der Waals surface area (Å²) < 4.78 is 0. The average Bonchev–Trinajstić information content (AvgIpc) is 2.99. The number of nitrogens with one attached hydrogen (secondary N) is 3. The highest BCUT2D eigenvalue weighted by Crippen LogP contribution is 2.15. The van der Waals surface area contributed by atoms with Gasteiger partial charge in [0.05, 0.1) is 6.54 Å². The molecule has 0 saturated carbocycles. The van der Waals surface area contributed by atoms with Crippen LogP contribution >= 0.6 is 24.0 Å². The van der Waals surface area contributed by atoms with Gasteiger partial charge in [-0.05, 0) is 46.7 Å². The van der Waals surface area contributed by atoms with Gasteiger partial charge in [0.2, 0.25) is 11.8 Å². The van der Waals surface area contributed by atoms with Crippen LogP contribution in [-0.4, -0.2) is 86.0 Å². The lowest BCUT2D eigenvalue weighted by molar-refractivity contribution is -0.127. The molecule has 0 bridgehead atoms. The Morgan fingerprint density at radius 1 is 1.22 bits per heavy atom. The van der Waals surface area contributed by atoms with Gasteiger partial charge in [0.25, 0.3) is 0 Å². The second-order valence-electron chi connectivity index (χ2n) is 7.91. The summed E-state index contributed by atoms with van der Waals surface area (Å²) in [5, 5.41) is 9.20. The van der Waals surface area contributed by atoms with E-state index in [1.54, 1.807) is 14.1 Å². The minimum Gasteiger partial charge on any atom is -0.355 e. The zero-order valence-electron chi connectivity index (χ0n) is 17.6. The molecule has 0 aromatic heterocycles. The van der Waals surface area contributed by atoms with Gasteiger partial charge in [-0.3, -0.25) is 14.5 Å². The number of aliphatic imine (C=N–C) groups is 1. The van der Waals surface area contributed by atoms with Gasteiger partial charge in [-0.1, -0.05) is 6.92 Å². The van der Waals surface area contributed by atoms with E-state index in [2.05, 4.69) is 32.8 Å². The molecule has 8 nitrogen and oxygen atoms in total. The lowest BCUT2D eigenvalue weighted by Crippen LogP contribution is -2.48. The van der Waals surface area contributed by atoms with Crippen LogP contribution in [0.2, 0.25) is 0 Å². The fourth-order valence-electron chi connectivity index (χ4n) is 2.86. The summed E-state index contributed by atoms with van der Waals surface area (Å²) >= 11 is 0. The second kappa shape index (κ2) is 12.4. The molecule has 1 aliphatic rings. The smallest absolute Gasteiger partial charge is 0.242 e. The third kappa shape index (κ3) is 10.7. The van der Waals surface area contributed by atoms with Crippen molar-refractivity contribution in [2.45, 2.75) is 52.1 Å². The van der Waals surface area contributed by atoms with Gasteiger partial charge in [0.1, 0.15) is 6.54 Å². The first-order valence-corrected chi connectivity index (χ1v) is 9.39. The number of amides is 2. The fourth-order valence-corrected chi connectivity index (χ4v) is 2.86. The number of hydrogen-bond donors (Lipinski definition) is 3. The van der Waals surface area contributed by atoms with Crippen molar-refractivity contribution in [2.24, 2.45) is 4.99 Å². The van der Waals surface area contributed by atoms with Crippen molar-refractivity contribution in [1.82, 2.24) is 25.8 Å². The Morgan fingerprint density at radius 3 is 2.44 bits per heavy atom. The molecule has 1 aliphatic heterocycles. The second-order valence-corrected chi connectivity index (χ2v) is 7.91. The number of carbonyl (C=O) groups excluding carboxylic acids is 2. The predicted molar refractivity (Wildman–Crippen MR) is 121 cm³/mol. The Balaban J connectivity index is 0.00000676. The van der Waals surface area contributed by atoms with E-state index in [9.17, 15) is 9.59 Å². The molecule has 158 valence electrons. The Morgan fingerprint density at radius 2 is 1.89 bits per heavy atom. The summed E-state index contributed by atoms with van der Waals surface area (Å²) in [7, 11) is 3.42. The van der Waals surface area contributed by atoms with Gasteiger partial charge in [-0.15, -0.1) is 24.0 Å². The van der Waals surface area contributed by atoms with Crippen molar-refractivity contribution in [2.75, 3.05) is 46.8 Å². The monoisotopic (exact) mass is 496 g/mol. The van der Waals surface area contributed by atoms with Crippen LogP contribution in [0.25, 0.3) is 0 Å². The number of halogens is 1. The third-order valence-corrected chi connectivity index (χ3v) is 4.21. The summed E-state index contributed by atoms with van der Waals surface area (Å²) in [6.45, 7) is 11.0. The van der Waals surface area contributed by atoms with Gasteiger partial charge in [-0.25, -0.2) is 4.99 Å². The van der Waals surface area contributed by atoms with E-state index in [1.165, 1.54) is 11.3 Å². The predicted octanol–water partition coefficient (Wildman–Crippen LogP) is 0.627. The summed E-state index contributed by atoms with van der Waals surface area (Å²) in [6.07, 6.45) is 2.35. The molecule has 3 N–H and O–H groups in total. The number of rotatable bonds is 7. The molecule has 1 fully saturated rings. The highest BCUT2D eigenvalue weighted by molar-refractivity contribution is 14.0. The molecule has 0 aliphatic carbocycles. The molecule has 0 spiro atoms. The van der Waals surface area contributed by atoms with Crippen LogP contribution in [0.15, 0.2) is 4.99 Å². The van der Waals surface area contributed by atoms with Crippen LogP contribution in [-0.2, 0) is 9.59 Å². The van der Waals surface area contributed by atoms with E-state index >= 15 is 0 Å². The maximum absolute atomic E-state index is 12.0. The SMILES string of the molecule is CCN1CCCC1CNC(=NCC(=O)NC(C)(C)C)NCC(=O)N(C)C.I. The summed E-state index contributed by atoms with van der Waals surface area (Å²) in [6, 6.07) is 0.458. The van der Waals surface area contributed by atoms with Gasteiger partial charge in [0.15, 0.2) is 5.96 Å². The highest BCUT2D eigenvalue weighted by Gasteiger charge is 2.23. The van der Waals surface area contributed by atoms with Crippen molar-refractivity contribution < 1.29 is 9.59 Å². The van der Waals surface area contributed by atoms with Crippen molar-refractivity contribution in [1.29, 1.82) is 0 Å². The molecule has 9 heteroatoms. The molecule has 1 atom stereocenters. The Kier molecular flexibility index (Phi) is 11.9. The van der Waals surface area contributed by atoms with Gasteiger partial charge < -0.3 is 20.9 Å². The Bertz CT molecular complexity index is 505. The van der Waals surface area contributed by atoms with Gasteiger partial charge >= 0.3 is 0 Å². The molecule has 1 heterocycles. The minimum absolute atomic E-state index is 0. The number of carbonyl (C=O) groups is 2. The summed E-state index contributed by atoms with van der Waals surface area (Å²) in [4.78, 5) is 32.1. The zero-order valence-corrected chi connectivity index (χ0v) is 19.9. The van der Waals surface area contributed by atoms with Crippen LogP contribution in [0.3, 0.4) is 0 Å². The Hall–Kier alpha value is -1.10. The van der Waals surface area contributed by atoms with E-state index in [0.29, 0.717) is 12.0 Å². The topological polar surface area (TPSA) is 89.1 Å². The van der Waals surface area contributed by atoms with Crippen molar-refractivity contribution in [3.8, 4) is 0 Å². The van der Waals surface area contributed by atoms with E-state index in [1.807, 2.05) is 20.8 Å². The van der Waals surface area contributed by atoms with E-state index in [4.69, 9.17) is 0 Å². The van der Waals surface area contributed by atoms with Crippen molar-refractivity contribution >= 4 is 41.8 Å². The zero-order chi connectivity index (χ0) is 19.7. The molecular formula is C18H37IN6O2. The molecule has 1 saturated heterocycles. The number of hydrogen-bond acceptors (Lipinski definition) is 4. The first-order chi connectivity index (χ1) is 12.1. The standard InChI is InChI=1S/C18H36N6O2.HI/c1-7-24-10-8-9-14(24)11-19-17(21-13-16(26)23(5)6)20-12-15(25)22-18(2,3)4;/h14H,7-13H2,1-6H3,(H,22,25)(H2,19,20,21);1H. The van der Waals surface area contributed by atoms with Crippen LogP contribution < -0.4 is 16.0 Å². The average molecular weight is 496 g/mol. The van der Waals surface area contributed by atoms with Crippen molar-refractivity contribution in [3.05, 3.63) is 0 Å². The molecular weight excluding hydrogens is 459 g/mol. The van der Waals surface area contributed by atoms with Crippen LogP contribution in [0, 0.1) is 0 Å². The lowest BCUT2D eigenvalue weighted by Gasteiger charge is -2.24. The van der Waals surface area contributed by atoms with E-state index < -0.39 is 0 Å². The number of likely N-dealkylation sites (N-methyl/N-ethyl adjacent to an activating group) is 2. The van der Waals surface area contributed by atoms with Gasteiger partial charge in [0, 0.05) is 32.2 Å². The molecule has 27 heavy (non-hydrogen) atoms. The van der Waals surface area contributed by atoms with E-state index in [-0.39, 0.29) is 54.4 Å². The maximum Gasteiger partial charge on any atom is 0.242 e. The van der Waals surface area contributed by atoms with Gasteiger partial charge in [-0.2, -0.15) is 0 Å². The molecule has 0 radical (unpaired) electrons. The van der Waals surface area contributed by atoms with E-state index in [0.717, 1.165) is 26.1 Å². The first kappa shape index (κ1) is 25.9. The molecule has 1 rings (SSSR count). The van der Waals surface area contributed by atoms with Crippen LogP contribution in [0.1, 0.15) is 40.5 Å². The maximum atomic E-state index is 12.0. The molecule has 2 amide bonds. The first-order valence-electron chi connectivity index (χ1n) is 9.39. The largest absolute Gasteiger partial charge is 0.355 e. The molecule has 0 aromatic carbocycles. The fraction of sp³-hybridized carbons (Fsp3) is 0.833. The normalized spacial score (nSPS) is 17.9. The van der Waals surface area contributed by atoms with Crippen LogP contribution in [0.4, 0.5) is 0 Å². The summed E-state index contributed by atoms with van der Waals surface area (Å²) in [5.41, 5.74) is -0.292. The number of nitrogens with zero attached hydrogens (tertiary/aromatic N) is 3. The third-order valence-electron chi connectivity index (χ3n) is 4.21. The number of likely N-dealkylation sites (tertiary alicyclic amines) is 1. The quantitative estimate of drug-likeness (QED) is 0.274. The van der Waals surface area contributed by atoms with Crippen molar-refractivity contribution in [3.63, 3.8) is 0 Å². The summed E-state index contributed by atoms with van der Waals surface area (Å²) in [5.74, 6) is 0.301. The molecule has 0 aromatic rings. The number of guanidine groups is 1. The Labute approximate surface area is 180 Å². The minimum atomic E-state index is -0.292.